The maximum absolute atomic E-state index is 11.1. The van der Waals surface area contributed by atoms with E-state index in [9.17, 15) is 29.8 Å². The van der Waals surface area contributed by atoms with Crippen LogP contribution in [0.5, 0.6) is 0 Å². The van der Waals surface area contributed by atoms with Crippen molar-refractivity contribution >= 4 is 51.7 Å². The number of nitro groups is 2. The SMILES string of the molecule is CC(=O)CC(=O)Nc1ccccc1.Cc1ccc(N)c([N+](=O)[O-])c1.Nc1ccc(Cl)cc1[N+](=O)[O-]. The number of hydrogen-bond acceptors (Lipinski definition) is 8. The van der Waals surface area contributed by atoms with Gasteiger partial charge in [0, 0.05) is 22.8 Å². The number of ketones is 1. The molecular weight excluding hydrogens is 478 g/mol. The average Bonchev–Trinajstić information content (AvgIpc) is 2.78. The van der Waals surface area contributed by atoms with Crippen LogP contribution in [0.3, 0.4) is 0 Å². The summed E-state index contributed by atoms with van der Waals surface area (Å²) < 4.78 is 0. The van der Waals surface area contributed by atoms with E-state index < -0.39 is 9.85 Å². The number of Topliss-reactive ketones (excluding diaryl/α,β-unsaturated/α-hetero) is 1. The summed E-state index contributed by atoms with van der Waals surface area (Å²) in [5, 5.41) is 23.5. The number of aryl methyl sites for hydroxylation is 1. The van der Waals surface area contributed by atoms with Crippen molar-refractivity contribution in [3.63, 3.8) is 0 Å². The topological polar surface area (TPSA) is 184 Å². The van der Waals surface area contributed by atoms with Crippen LogP contribution in [0.1, 0.15) is 18.9 Å². The van der Waals surface area contributed by atoms with Gasteiger partial charge in [0.15, 0.2) is 0 Å². The smallest absolute Gasteiger partial charge is 0.293 e. The fourth-order valence-corrected chi connectivity index (χ4v) is 2.61. The molecule has 0 spiro atoms. The molecule has 0 bridgehead atoms. The quantitative estimate of drug-likeness (QED) is 0.190. The molecule has 0 aromatic heterocycles. The predicted molar refractivity (Wildman–Crippen MR) is 135 cm³/mol. The number of nitrogens with zero attached hydrogens (tertiary/aromatic N) is 2. The lowest BCUT2D eigenvalue weighted by atomic mass is 10.2. The van der Waals surface area contributed by atoms with Crippen molar-refractivity contribution in [2.24, 2.45) is 0 Å². The van der Waals surface area contributed by atoms with Crippen LogP contribution in [0, 0.1) is 27.2 Å². The van der Waals surface area contributed by atoms with Crippen molar-refractivity contribution < 1.29 is 19.4 Å². The van der Waals surface area contributed by atoms with E-state index in [1.54, 1.807) is 25.1 Å². The third-order valence-electron chi connectivity index (χ3n) is 4.04. The summed E-state index contributed by atoms with van der Waals surface area (Å²) >= 11 is 5.50. The zero-order chi connectivity index (χ0) is 26.5. The molecule has 0 saturated carbocycles. The van der Waals surface area contributed by atoms with Crippen LogP contribution in [0.2, 0.25) is 5.02 Å². The summed E-state index contributed by atoms with van der Waals surface area (Å²) in [5.74, 6) is -0.396. The summed E-state index contributed by atoms with van der Waals surface area (Å²) in [5.41, 5.74) is 12.3. The molecule has 0 radical (unpaired) electrons. The van der Waals surface area contributed by atoms with Gasteiger partial charge < -0.3 is 16.8 Å². The number of halogens is 1. The molecule has 0 heterocycles. The summed E-state index contributed by atoms with van der Waals surface area (Å²) in [6, 6.07) is 17.9. The number of carbonyl (C=O) groups is 2. The van der Waals surface area contributed by atoms with E-state index in [4.69, 9.17) is 23.1 Å². The molecule has 35 heavy (non-hydrogen) atoms. The van der Waals surface area contributed by atoms with Crippen LogP contribution in [-0.4, -0.2) is 21.5 Å². The van der Waals surface area contributed by atoms with E-state index in [2.05, 4.69) is 5.32 Å². The summed E-state index contributed by atoms with van der Waals surface area (Å²) in [7, 11) is 0. The van der Waals surface area contributed by atoms with Crippen molar-refractivity contribution in [3.05, 3.63) is 97.5 Å². The van der Waals surface area contributed by atoms with Gasteiger partial charge in [0.1, 0.15) is 17.2 Å². The van der Waals surface area contributed by atoms with Gasteiger partial charge >= 0.3 is 0 Å². The van der Waals surface area contributed by atoms with Gasteiger partial charge in [0.05, 0.1) is 16.3 Å². The second-order valence-electron chi connectivity index (χ2n) is 7.07. The Morgan fingerprint density at radius 2 is 1.40 bits per heavy atom. The maximum Gasteiger partial charge on any atom is 0.293 e. The number of nitrogens with two attached hydrogens (primary N) is 2. The summed E-state index contributed by atoms with van der Waals surface area (Å²) in [6.45, 7) is 3.18. The monoisotopic (exact) mass is 501 g/mol. The highest BCUT2D eigenvalue weighted by Crippen LogP contribution is 2.24. The van der Waals surface area contributed by atoms with Gasteiger partial charge in [-0.05, 0) is 49.7 Å². The Bertz CT molecular complexity index is 1140. The number of hydrogen-bond donors (Lipinski definition) is 3. The summed E-state index contributed by atoms with van der Waals surface area (Å²) in [4.78, 5) is 41.2. The van der Waals surface area contributed by atoms with Crippen LogP contribution in [0.15, 0.2) is 66.7 Å². The van der Waals surface area contributed by atoms with E-state index in [-0.39, 0.29) is 40.9 Å². The number of rotatable bonds is 5. The minimum absolute atomic E-state index is 0.0231. The number of carbonyl (C=O) groups excluding carboxylic acids is 2. The van der Waals surface area contributed by atoms with Crippen molar-refractivity contribution in [2.75, 3.05) is 16.8 Å². The first-order chi connectivity index (χ1) is 16.4. The Labute approximate surface area is 206 Å². The van der Waals surface area contributed by atoms with Gasteiger partial charge in [0.25, 0.3) is 11.4 Å². The standard InChI is InChI=1S/C10H11NO2.C7H8N2O2.C6H5ClN2O2/c1-8(12)7-10(13)11-9-5-3-2-4-6-9;1-5-2-3-6(8)7(4-5)9(10)11;7-4-1-2-5(8)6(3-4)9(10)11/h2-6H,7H2,1H3,(H,11,13);2-4H,8H2,1H3;1-3H,8H2. The molecule has 0 fully saturated rings. The highest BCUT2D eigenvalue weighted by Gasteiger charge is 2.10. The fourth-order valence-electron chi connectivity index (χ4n) is 2.44. The Balaban J connectivity index is 0.000000264. The molecule has 0 atom stereocenters. The molecule has 3 aromatic carbocycles. The molecule has 0 aliphatic rings. The van der Waals surface area contributed by atoms with Crippen LogP contribution < -0.4 is 16.8 Å². The molecule has 0 aliphatic carbocycles. The molecule has 11 nitrogen and oxygen atoms in total. The molecule has 3 rings (SSSR count). The van der Waals surface area contributed by atoms with E-state index in [1.165, 1.54) is 37.3 Å². The molecule has 1 amide bonds. The predicted octanol–water partition coefficient (Wildman–Crippen LogP) is 4.92. The van der Waals surface area contributed by atoms with Gasteiger partial charge in [-0.15, -0.1) is 0 Å². The lowest BCUT2D eigenvalue weighted by molar-refractivity contribution is -0.384. The molecule has 0 unspecified atom stereocenters. The first kappa shape index (κ1) is 28.5. The lowest BCUT2D eigenvalue weighted by Crippen LogP contribution is -2.14. The Kier molecular flexibility index (Phi) is 11.3. The molecule has 0 saturated heterocycles. The Morgan fingerprint density at radius 3 is 1.86 bits per heavy atom. The van der Waals surface area contributed by atoms with Crippen LogP contribution in [0.4, 0.5) is 28.4 Å². The number of nitrogens with one attached hydrogen (secondary N) is 1. The van der Waals surface area contributed by atoms with Crippen LogP contribution in [0.25, 0.3) is 0 Å². The molecular formula is C23H24ClN5O6. The fraction of sp³-hybridized carbons (Fsp3) is 0.130. The Hall–Kier alpha value is -4.51. The van der Waals surface area contributed by atoms with Crippen LogP contribution in [-0.2, 0) is 9.59 Å². The molecule has 3 aromatic rings. The molecule has 184 valence electrons. The third-order valence-corrected chi connectivity index (χ3v) is 4.27. The van der Waals surface area contributed by atoms with Gasteiger partial charge in [-0.2, -0.15) is 0 Å². The number of para-hydroxylation sites is 1. The summed E-state index contributed by atoms with van der Waals surface area (Å²) in [6.07, 6.45) is -0.0606. The number of amides is 1. The number of benzene rings is 3. The van der Waals surface area contributed by atoms with E-state index in [0.717, 1.165) is 5.56 Å². The van der Waals surface area contributed by atoms with E-state index in [1.807, 2.05) is 18.2 Å². The van der Waals surface area contributed by atoms with Crippen LogP contribution >= 0.6 is 11.6 Å². The highest BCUT2D eigenvalue weighted by atomic mass is 35.5. The van der Waals surface area contributed by atoms with Crippen molar-refractivity contribution in [1.29, 1.82) is 0 Å². The van der Waals surface area contributed by atoms with Crippen molar-refractivity contribution in [3.8, 4) is 0 Å². The number of anilines is 3. The van der Waals surface area contributed by atoms with Crippen molar-refractivity contribution in [1.82, 2.24) is 0 Å². The van der Waals surface area contributed by atoms with Gasteiger partial charge in [0.2, 0.25) is 5.91 Å². The van der Waals surface area contributed by atoms with Gasteiger partial charge in [-0.3, -0.25) is 29.8 Å². The molecule has 5 N–H and O–H groups in total. The normalized spacial score (nSPS) is 9.46. The zero-order valence-electron chi connectivity index (χ0n) is 18.9. The molecule has 12 heteroatoms. The first-order valence-electron chi connectivity index (χ1n) is 9.95. The molecule has 0 aliphatic heterocycles. The number of nitro benzene ring substituents is 2. The lowest BCUT2D eigenvalue weighted by Gasteiger charge is -2.01. The van der Waals surface area contributed by atoms with Gasteiger partial charge in [-0.1, -0.05) is 35.9 Å². The number of nitrogen functional groups attached to an aromatic ring is 2. The second kappa shape index (κ2) is 13.9. The Morgan fingerprint density at radius 1 is 0.886 bits per heavy atom. The third kappa shape index (κ3) is 10.8. The first-order valence-corrected chi connectivity index (χ1v) is 10.3. The maximum atomic E-state index is 11.1. The largest absolute Gasteiger partial charge is 0.393 e. The average molecular weight is 502 g/mol. The minimum Gasteiger partial charge on any atom is -0.393 e. The van der Waals surface area contributed by atoms with Gasteiger partial charge in [-0.25, -0.2) is 0 Å². The van der Waals surface area contributed by atoms with Crippen molar-refractivity contribution in [2.45, 2.75) is 20.3 Å². The minimum atomic E-state index is -0.568. The highest BCUT2D eigenvalue weighted by molar-refractivity contribution is 6.30. The van der Waals surface area contributed by atoms with E-state index >= 15 is 0 Å². The zero-order valence-corrected chi connectivity index (χ0v) is 19.7. The van der Waals surface area contributed by atoms with E-state index in [0.29, 0.717) is 10.7 Å². The second-order valence-corrected chi connectivity index (χ2v) is 7.51.